The number of halogens is 2. The van der Waals surface area contributed by atoms with Crippen molar-refractivity contribution in [1.82, 2.24) is 10.6 Å². The second kappa shape index (κ2) is 11.7. The molecule has 0 saturated heterocycles. The summed E-state index contributed by atoms with van der Waals surface area (Å²) in [6.45, 7) is 0.229. The number of benzene rings is 2. The van der Waals surface area contributed by atoms with Crippen LogP contribution >= 0.6 is 0 Å². The number of ether oxygens (including phenoxy) is 4. The molecule has 0 radical (unpaired) electrons. The lowest BCUT2D eigenvalue weighted by atomic mass is 10.2. The Bertz CT molecular complexity index is 847. The Hall–Kier alpha value is -3.23. The van der Waals surface area contributed by atoms with Gasteiger partial charge in [0.15, 0.2) is 17.5 Å². The number of guanidine groups is 1. The molecule has 9 heteroatoms. The average Bonchev–Trinajstić information content (AvgIpc) is 2.75. The molecule has 2 aromatic carbocycles. The molecule has 2 rings (SSSR count). The van der Waals surface area contributed by atoms with Crippen molar-refractivity contribution in [2.45, 2.75) is 26.6 Å². The fraction of sp³-hybridized carbons (Fsp3) is 0.381. The minimum absolute atomic E-state index is 0.0741. The number of hydrogen-bond donors (Lipinski definition) is 2. The molecule has 164 valence electrons. The smallest absolute Gasteiger partial charge is 0.387 e. The minimum Gasteiger partial charge on any atom is -0.497 e. The van der Waals surface area contributed by atoms with Crippen molar-refractivity contribution < 1.29 is 27.7 Å². The number of nitrogens with zero attached hydrogens (tertiary/aromatic N) is 1. The van der Waals surface area contributed by atoms with E-state index in [1.54, 1.807) is 26.3 Å². The summed E-state index contributed by atoms with van der Waals surface area (Å²) in [6.07, 6.45) is 0. The third kappa shape index (κ3) is 6.68. The molecule has 2 N–H and O–H groups in total. The second-order valence-electron chi connectivity index (χ2n) is 6.05. The standard InChI is InChI=1S/C21H27F2N3O4/c1-5-29-18-8-6-14(10-19(18)28-4)12-25-21(24-2)26-13-15-11-16(27-3)7-9-17(15)30-20(22)23/h6-11,20H,5,12-13H2,1-4H3,(H2,24,25,26). The van der Waals surface area contributed by atoms with Gasteiger partial charge in [0.1, 0.15) is 11.5 Å². The lowest BCUT2D eigenvalue weighted by Crippen LogP contribution is -2.36. The molecule has 2 aromatic rings. The Morgan fingerprint density at radius 1 is 0.967 bits per heavy atom. The number of aliphatic imine (C=N–C) groups is 1. The summed E-state index contributed by atoms with van der Waals surface area (Å²) < 4.78 is 46.0. The molecule has 0 amide bonds. The molecule has 0 aromatic heterocycles. The first-order valence-corrected chi connectivity index (χ1v) is 9.36. The fourth-order valence-electron chi connectivity index (χ4n) is 2.71. The van der Waals surface area contributed by atoms with Gasteiger partial charge >= 0.3 is 6.61 Å². The van der Waals surface area contributed by atoms with E-state index in [9.17, 15) is 8.78 Å². The van der Waals surface area contributed by atoms with E-state index in [-0.39, 0.29) is 12.3 Å². The van der Waals surface area contributed by atoms with Crippen LogP contribution in [0.25, 0.3) is 0 Å². The van der Waals surface area contributed by atoms with Gasteiger partial charge in [-0.3, -0.25) is 4.99 Å². The van der Waals surface area contributed by atoms with Gasteiger partial charge in [-0.2, -0.15) is 8.78 Å². The van der Waals surface area contributed by atoms with Crippen LogP contribution in [-0.4, -0.2) is 40.4 Å². The first kappa shape index (κ1) is 23.1. The van der Waals surface area contributed by atoms with E-state index in [2.05, 4.69) is 20.4 Å². The molecule has 0 unspecified atom stereocenters. The number of nitrogens with one attached hydrogen (secondary N) is 2. The Labute approximate surface area is 175 Å². The summed E-state index contributed by atoms with van der Waals surface area (Å²) in [7, 11) is 4.71. The van der Waals surface area contributed by atoms with Crippen molar-refractivity contribution in [3.05, 3.63) is 47.5 Å². The zero-order valence-electron chi connectivity index (χ0n) is 17.5. The van der Waals surface area contributed by atoms with Crippen LogP contribution in [0.1, 0.15) is 18.1 Å². The van der Waals surface area contributed by atoms with Gasteiger partial charge in [0.2, 0.25) is 0 Å². The highest BCUT2D eigenvalue weighted by atomic mass is 19.3. The summed E-state index contributed by atoms with van der Waals surface area (Å²) in [5.41, 5.74) is 1.47. The molecule has 0 spiro atoms. The molecule has 0 bridgehead atoms. The molecule has 7 nitrogen and oxygen atoms in total. The van der Waals surface area contributed by atoms with Crippen LogP contribution in [0.15, 0.2) is 41.4 Å². The van der Waals surface area contributed by atoms with Crippen molar-refractivity contribution in [1.29, 1.82) is 0 Å². The summed E-state index contributed by atoms with van der Waals surface area (Å²) in [6, 6.07) is 10.3. The average molecular weight is 423 g/mol. The van der Waals surface area contributed by atoms with Gasteiger partial charge in [-0.05, 0) is 42.8 Å². The Balaban J connectivity index is 2.02. The van der Waals surface area contributed by atoms with Gasteiger partial charge in [0, 0.05) is 25.7 Å². The summed E-state index contributed by atoms with van der Waals surface area (Å²) in [5.74, 6) is 2.43. The van der Waals surface area contributed by atoms with Gasteiger partial charge in [-0.15, -0.1) is 0 Å². The highest BCUT2D eigenvalue weighted by molar-refractivity contribution is 5.79. The number of methoxy groups -OCH3 is 2. The molecule has 0 saturated carbocycles. The molecule has 0 atom stereocenters. The van der Waals surface area contributed by atoms with Crippen molar-refractivity contribution in [3.8, 4) is 23.0 Å². The molecule has 0 heterocycles. The van der Waals surface area contributed by atoms with E-state index in [1.165, 1.54) is 13.2 Å². The molecular weight excluding hydrogens is 396 g/mol. The predicted octanol–water partition coefficient (Wildman–Crippen LogP) is 3.57. The van der Waals surface area contributed by atoms with Crippen molar-refractivity contribution in [3.63, 3.8) is 0 Å². The van der Waals surface area contributed by atoms with Gasteiger partial charge < -0.3 is 29.6 Å². The van der Waals surface area contributed by atoms with Crippen molar-refractivity contribution >= 4 is 5.96 Å². The third-order valence-corrected chi connectivity index (χ3v) is 4.14. The van der Waals surface area contributed by atoms with Crippen molar-refractivity contribution in [2.24, 2.45) is 4.99 Å². The highest BCUT2D eigenvalue weighted by Crippen LogP contribution is 2.28. The van der Waals surface area contributed by atoms with E-state index in [1.807, 2.05) is 25.1 Å². The predicted molar refractivity (Wildman–Crippen MR) is 111 cm³/mol. The normalized spacial score (nSPS) is 11.2. The van der Waals surface area contributed by atoms with E-state index in [4.69, 9.17) is 14.2 Å². The highest BCUT2D eigenvalue weighted by Gasteiger charge is 2.12. The maximum atomic E-state index is 12.7. The SMILES string of the molecule is CCOc1ccc(CNC(=NC)NCc2cc(OC)ccc2OC(F)F)cc1OC. The van der Waals surface area contributed by atoms with E-state index < -0.39 is 6.61 Å². The van der Waals surface area contributed by atoms with Crippen LogP contribution in [0.4, 0.5) is 8.78 Å². The maximum absolute atomic E-state index is 12.7. The molecule has 0 aliphatic carbocycles. The Morgan fingerprint density at radius 2 is 1.70 bits per heavy atom. The topological polar surface area (TPSA) is 73.3 Å². The quantitative estimate of drug-likeness (QED) is 0.450. The van der Waals surface area contributed by atoms with E-state index in [0.717, 1.165) is 5.56 Å². The summed E-state index contributed by atoms with van der Waals surface area (Å²) in [4.78, 5) is 4.16. The van der Waals surface area contributed by atoms with Crippen LogP contribution in [0.5, 0.6) is 23.0 Å². The van der Waals surface area contributed by atoms with E-state index in [0.29, 0.717) is 41.9 Å². The van der Waals surface area contributed by atoms with Crippen LogP contribution < -0.4 is 29.6 Å². The molecule has 0 fully saturated rings. The van der Waals surface area contributed by atoms with Crippen LogP contribution in [0, 0.1) is 0 Å². The van der Waals surface area contributed by atoms with Gasteiger partial charge in [0.05, 0.1) is 20.8 Å². The monoisotopic (exact) mass is 423 g/mol. The van der Waals surface area contributed by atoms with Gasteiger partial charge in [-0.1, -0.05) is 6.07 Å². The molecule has 0 aliphatic rings. The first-order chi connectivity index (χ1) is 14.5. The lowest BCUT2D eigenvalue weighted by molar-refractivity contribution is -0.0505. The zero-order chi connectivity index (χ0) is 21.9. The third-order valence-electron chi connectivity index (χ3n) is 4.14. The van der Waals surface area contributed by atoms with Crippen LogP contribution in [0.2, 0.25) is 0 Å². The number of rotatable bonds is 10. The molecule has 0 aliphatic heterocycles. The molecular formula is C21H27F2N3O4. The second-order valence-corrected chi connectivity index (χ2v) is 6.05. The fourth-order valence-corrected chi connectivity index (χ4v) is 2.71. The van der Waals surface area contributed by atoms with Gasteiger partial charge in [0.25, 0.3) is 0 Å². The maximum Gasteiger partial charge on any atom is 0.387 e. The van der Waals surface area contributed by atoms with Gasteiger partial charge in [-0.25, -0.2) is 0 Å². The zero-order valence-corrected chi connectivity index (χ0v) is 17.5. The van der Waals surface area contributed by atoms with Crippen LogP contribution in [0.3, 0.4) is 0 Å². The van der Waals surface area contributed by atoms with Crippen LogP contribution in [-0.2, 0) is 13.1 Å². The minimum atomic E-state index is -2.91. The Kier molecular flexibility index (Phi) is 8.99. The molecule has 30 heavy (non-hydrogen) atoms. The van der Waals surface area contributed by atoms with E-state index >= 15 is 0 Å². The number of alkyl halides is 2. The Morgan fingerprint density at radius 3 is 2.33 bits per heavy atom. The summed E-state index contributed by atoms with van der Waals surface area (Å²) in [5, 5.41) is 6.25. The first-order valence-electron chi connectivity index (χ1n) is 9.36. The number of hydrogen-bond acceptors (Lipinski definition) is 5. The largest absolute Gasteiger partial charge is 0.497 e. The van der Waals surface area contributed by atoms with Crippen molar-refractivity contribution in [2.75, 3.05) is 27.9 Å². The summed E-state index contributed by atoms with van der Waals surface area (Å²) >= 11 is 0. The lowest BCUT2D eigenvalue weighted by Gasteiger charge is -2.16.